The van der Waals surface area contributed by atoms with Crippen LogP contribution in [0.15, 0.2) is 46.3 Å². The maximum atomic E-state index is 5.70. The quantitative estimate of drug-likeness (QED) is 0.941. The lowest BCUT2D eigenvalue weighted by molar-refractivity contribution is 0.297. The smallest absolute Gasteiger partial charge is 0.162 e. The molecule has 2 N–H and O–H groups in total. The van der Waals surface area contributed by atoms with Gasteiger partial charge >= 0.3 is 0 Å². The second kappa shape index (κ2) is 6.15. The monoisotopic (exact) mass is 288 g/mol. The molecular formula is C15H16N2O2S. The third-order valence-corrected chi connectivity index (χ3v) is 3.93. The van der Waals surface area contributed by atoms with Gasteiger partial charge in [0.2, 0.25) is 0 Å². The number of hydrogen-bond donors (Lipinski definition) is 1. The first-order chi connectivity index (χ1) is 9.85. The second-order valence-corrected chi connectivity index (χ2v) is 5.60. The van der Waals surface area contributed by atoms with Gasteiger partial charge in [-0.1, -0.05) is 11.8 Å². The van der Waals surface area contributed by atoms with E-state index in [0.717, 1.165) is 33.4 Å². The molecule has 0 fully saturated rings. The summed E-state index contributed by atoms with van der Waals surface area (Å²) in [5.41, 5.74) is 6.51. The SMILES string of the molecule is NCc1cc(Sc2ccc3c(c2)OCCCO3)ccn1. The van der Waals surface area contributed by atoms with Crippen molar-refractivity contribution in [2.45, 2.75) is 22.8 Å². The van der Waals surface area contributed by atoms with Gasteiger partial charge in [0, 0.05) is 29.0 Å². The number of fused-ring (bicyclic) bond motifs is 1. The van der Waals surface area contributed by atoms with E-state index in [9.17, 15) is 0 Å². The molecule has 4 nitrogen and oxygen atoms in total. The van der Waals surface area contributed by atoms with Crippen molar-refractivity contribution in [3.63, 3.8) is 0 Å². The van der Waals surface area contributed by atoms with Crippen LogP contribution in [0.25, 0.3) is 0 Å². The summed E-state index contributed by atoms with van der Waals surface area (Å²) in [6, 6.07) is 10.0. The average molecular weight is 288 g/mol. The number of ether oxygens (including phenoxy) is 2. The van der Waals surface area contributed by atoms with Gasteiger partial charge in [0.15, 0.2) is 11.5 Å². The normalized spacial score (nSPS) is 13.8. The number of benzene rings is 1. The van der Waals surface area contributed by atoms with E-state index in [4.69, 9.17) is 15.2 Å². The molecule has 2 heterocycles. The maximum Gasteiger partial charge on any atom is 0.162 e. The highest BCUT2D eigenvalue weighted by Gasteiger charge is 2.11. The Morgan fingerprint density at radius 1 is 1.05 bits per heavy atom. The van der Waals surface area contributed by atoms with Gasteiger partial charge in [-0.05, 0) is 30.3 Å². The lowest BCUT2D eigenvalue weighted by Crippen LogP contribution is -1.98. The number of nitrogens with two attached hydrogens (primary N) is 1. The molecule has 0 radical (unpaired) electrons. The molecule has 1 aliphatic heterocycles. The predicted octanol–water partition coefficient (Wildman–Crippen LogP) is 2.85. The van der Waals surface area contributed by atoms with Gasteiger partial charge < -0.3 is 15.2 Å². The van der Waals surface area contributed by atoms with Crippen LogP contribution in [0.4, 0.5) is 0 Å². The Labute approximate surface area is 122 Å². The van der Waals surface area contributed by atoms with Crippen molar-refractivity contribution in [1.29, 1.82) is 0 Å². The number of rotatable bonds is 3. The highest BCUT2D eigenvalue weighted by molar-refractivity contribution is 7.99. The first-order valence-electron chi connectivity index (χ1n) is 6.57. The summed E-state index contributed by atoms with van der Waals surface area (Å²) in [5, 5.41) is 0. The Kier molecular flexibility index (Phi) is 4.08. The molecule has 0 spiro atoms. The minimum absolute atomic E-state index is 0.454. The Balaban J connectivity index is 1.82. The molecule has 1 aromatic heterocycles. The van der Waals surface area contributed by atoms with E-state index in [2.05, 4.69) is 4.98 Å². The fourth-order valence-electron chi connectivity index (χ4n) is 1.97. The van der Waals surface area contributed by atoms with Crippen LogP contribution in [0.1, 0.15) is 12.1 Å². The number of nitrogens with zero attached hydrogens (tertiary/aromatic N) is 1. The van der Waals surface area contributed by atoms with Gasteiger partial charge in [0.25, 0.3) is 0 Å². The first-order valence-corrected chi connectivity index (χ1v) is 7.39. The van der Waals surface area contributed by atoms with Crippen LogP contribution in [0.3, 0.4) is 0 Å². The molecule has 0 saturated carbocycles. The number of pyridine rings is 1. The van der Waals surface area contributed by atoms with Crippen LogP contribution in [-0.4, -0.2) is 18.2 Å². The Morgan fingerprint density at radius 3 is 2.70 bits per heavy atom. The molecule has 2 aromatic rings. The zero-order valence-electron chi connectivity index (χ0n) is 11.0. The molecule has 0 atom stereocenters. The fourth-order valence-corrected chi connectivity index (χ4v) is 2.87. The summed E-state index contributed by atoms with van der Waals surface area (Å²) in [5.74, 6) is 1.64. The Morgan fingerprint density at radius 2 is 1.85 bits per heavy atom. The molecule has 0 amide bonds. The van der Waals surface area contributed by atoms with Gasteiger partial charge in [0.05, 0.1) is 18.9 Å². The van der Waals surface area contributed by atoms with Crippen LogP contribution >= 0.6 is 11.8 Å². The van der Waals surface area contributed by atoms with E-state index in [-0.39, 0.29) is 0 Å². The van der Waals surface area contributed by atoms with E-state index in [0.29, 0.717) is 19.8 Å². The number of aromatic nitrogens is 1. The maximum absolute atomic E-state index is 5.70. The van der Waals surface area contributed by atoms with Crippen molar-refractivity contribution in [1.82, 2.24) is 4.98 Å². The van der Waals surface area contributed by atoms with E-state index in [1.165, 1.54) is 0 Å². The van der Waals surface area contributed by atoms with Crippen LogP contribution < -0.4 is 15.2 Å². The Bertz CT molecular complexity index is 604. The Hall–Kier alpha value is -1.72. The summed E-state index contributed by atoms with van der Waals surface area (Å²) < 4.78 is 11.3. The van der Waals surface area contributed by atoms with E-state index < -0.39 is 0 Å². The topological polar surface area (TPSA) is 57.4 Å². The summed E-state index contributed by atoms with van der Waals surface area (Å²) in [6.45, 7) is 1.87. The zero-order chi connectivity index (χ0) is 13.8. The lowest BCUT2D eigenvalue weighted by Gasteiger charge is -2.09. The lowest BCUT2D eigenvalue weighted by atomic mass is 10.3. The molecule has 0 saturated heterocycles. The summed E-state index contributed by atoms with van der Waals surface area (Å²) in [4.78, 5) is 6.43. The minimum atomic E-state index is 0.454. The molecule has 20 heavy (non-hydrogen) atoms. The highest BCUT2D eigenvalue weighted by atomic mass is 32.2. The number of hydrogen-bond acceptors (Lipinski definition) is 5. The molecule has 104 valence electrons. The zero-order valence-corrected chi connectivity index (χ0v) is 11.9. The van der Waals surface area contributed by atoms with Crippen LogP contribution in [-0.2, 0) is 6.54 Å². The molecule has 0 aliphatic carbocycles. The van der Waals surface area contributed by atoms with Crippen LogP contribution in [0.2, 0.25) is 0 Å². The highest BCUT2D eigenvalue weighted by Crippen LogP contribution is 2.36. The predicted molar refractivity (Wildman–Crippen MR) is 78.3 cm³/mol. The summed E-state index contributed by atoms with van der Waals surface area (Å²) in [7, 11) is 0. The minimum Gasteiger partial charge on any atom is -0.490 e. The summed E-state index contributed by atoms with van der Waals surface area (Å²) >= 11 is 1.67. The standard InChI is InChI=1S/C15H16N2O2S/c16-10-11-8-13(4-5-17-11)20-12-2-3-14-15(9-12)19-7-1-6-18-14/h2-5,8-9H,1,6-7,10,16H2. The molecule has 0 bridgehead atoms. The van der Waals surface area contributed by atoms with Crippen LogP contribution in [0, 0.1) is 0 Å². The molecule has 5 heteroatoms. The van der Waals surface area contributed by atoms with Crippen molar-refractivity contribution in [3.8, 4) is 11.5 Å². The van der Waals surface area contributed by atoms with E-state index in [1.54, 1.807) is 18.0 Å². The molecule has 1 aromatic carbocycles. The van der Waals surface area contributed by atoms with E-state index in [1.807, 2.05) is 30.3 Å². The van der Waals surface area contributed by atoms with E-state index >= 15 is 0 Å². The average Bonchev–Trinajstić information content (AvgIpc) is 2.72. The summed E-state index contributed by atoms with van der Waals surface area (Å²) in [6.07, 6.45) is 2.70. The van der Waals surface area contributed by atoms with Gasteiger partial charge in [0.1, 0.15) is 0 Å². The van der Waals surface area contributed by atoms with Crippen molar-refractivity contribution in [2.24, 2.45) is 5.73 Å². The first kappa shape index (κ1) is 13.3. The third-order valence-electron chi connectivity index (χ3n) is 2.95. The molecule has 1 aliphatic rings. The van der Waals surface area contributed by atoms with Gasteiger partial charge in [-0.2, -0.15) is 0 Å². The van der Waals surface area contributed by atoms with Crippen molar-refractivity contribution < 1.29 is 9.47 Å². The molecule has 3 rings (SSSR count). The van der Waals surface area contributed by atoms with Crippen LogP contribution in [0.5, 0.6) is 11.5 Å². The van der Waals surface area contributed by atoms with Crippen molar-refractivity contribution >= 4 is 11.8 Å². The van der Waals surface area contributed by atoms with Gasteiger partial charge in [-0.3, -0.25) is 4.98 Å². The van der Waals surface area contributed by atoms with Crippen molar-refractivity contribution in [3.05, 3.63) is 42.2 Å². The fraction of sp³-hybridized carbons (Fsp3) is 0.267. The molecule has 0 unspecified atom stereocenters. The van der Waals surface area contributed by atoms with Gasteiger partial charge in [-0.15, -0.1) is 0 Å². The van der Waals surface area contributed by atoms with Gasteiger partial charge in [-0.25, -0.2) is 0 Å². The molecular weight excluding hydrogens is 272 g/mol. The third kappa shape index (κ3) is 3.05. The van der Waals surface area contributed by atoms with Crippen molar-refractivity contribution in [2.75, 3.05) is 13.2 Å². The largest absolute Gasteiger partial charge is 0.490 e. The second-order valence-electron chi connectivity index (χ2n) is 4.45.